The maximum absolute atomic E-state index is 9.55. The highest BCUT2D eigenvalue weighted by molar-refractivity contribution is 4.96. The second kappa shape index (κ2) is 4.60. The van der Waals surface area contributed by atoms with Crippen LogP contribution in [0.25, 0.3) is 0 Å². The van der Waals surface area contributed by atoms with Crippen LogP contribution in [0.5, 0.6) is 0 Å². The van der Waals surface area contributed by atoms with Crippen LogP contribution >= 0.6 is 0 Å². The van der Waals surface area contributed by atoms with Crippen molar-refractivity contribution < 1.29 is 15.3 Å². The minimum absolute atomic E-state index is 0.162. The third-order valence-electron chi connectivity index (χ3n) is 2.13. The topological polar surface area (TPSA) is 60.7 Å². The van der Waals surface area contributed by atoms with Gasteiger partial charge in [0.25, 0.3) is 0 Å². The predicted octanol–water partition coefficient (Wildman–Crippen LogP) is 0.303. The smallest absolute Gasteiger partial charge is 0.0674 e. The quantitative estimate of drug-likeness (QED) is 0.525. The van der Waals surface area contributed by atoms with Crippen LogP contribution in [0, 0.1) is 5.41 Å². The maximum Gasteiger partial charge on any atom is 0.0674 e. The van der Waals surface area contributed by atoms with E-state index in [0.29, 0.717) is 0 Å². The molecule has 3 atom stereocenters. The van der Waals surface area contributed by atoms with E-state index in [1.165, 1.54) is 6.08 Å². The Hall–Kier alpha value is -0.380. The summed E-state index contributed by atoms with van der Waals surface area (Å²) >= 11 is 0. The molecule has 0 aliphatic rings. The van der Waals surface area contributed by atoms with E-state index in [-0.39, 0.29) is 13.0 Å². The Morgan fingerprint density at radius 3 is 2.25 bits per heavy atom. The van der Waals surface area contributed by atoms with E-state index in [4.69, 9.17) is 10.2 Å². The zero-order valence-electron chi connectivity index (χ0n) is 7.70. The zero-order chi connectivity index (χ0) is 9.78. The molecule has 0 spiro atoms. The van der Waals surface area contributed by atoms with Crippen molar-refractivity contribution in [2.24, 2.45) is 5.41 Å². The van der Waals surface area contributed by atoms with Crippen LogP contribution in [0.2, 0.25) is 0 Å². The highest BCUT2D eigenvalue weighted by Crippen LogP contribution is 2.25. The SMILES string of the molecule is C=C[C@@](C)(CO)[C@@H](O)C[C@H](C)O. The Morgan fingerprint density at radius 1 is 1.50 bits per heavy atom. The van der Waals surface area contributed by atoms with Gasteiger partial charge in [-0.25, -0.2) is 0 Å². The molecular weight excluding hydrogens is 156 g/mol. The normalized spacial score (nSPS) is 21.1. The molecule has 0 amide bonds. The number of aliphatic hydroxyl groups excluding tert-OH is 3. The van der Waals surface area contributed by atoms with Crippen molar-refractivity contribution in [2.75, 3.05) is 6.61 Å². The Kier molecular flexibility index (Phi) is 4.45. The van der Waals surface area contributed by atoms with Gasteiger partial charge in [-0.15, -0.1) is 6.58 Å². The first-order valence-corrected chi connectivity index (χ1v) is 4.07. The van der Waals surface area contributed by atoms with Gasteiger partial charge in [0, 0.05) is 5.41 Å². The zero-order valence-corrected chi connectivity index (χ0v) is 7.70. The molecule has 72 valence electrons. The largest absolute Gasteiger partial charge is 0.395 e. The number of rotatable bonds is 5. The second-order valence-corrected chi connectivity index (χ2v) is 3.47. The van der Waals surface area contributed by atoms with Crippen molar-refractivity contribution in [3.8, 4) is 0 Å². The Balaban J connectivity index is 4.21. The molecule has 0 unspecified atom stereocenters. The van der Waals surface area contributed by atoms with Gasteiger partial charge >= 0.3 is 0 Å². The van der Waals surface area contributed by atoms with Crippen molar-refractivity contribution in [1.82, 2.24) is 0 Å². The highest BCUT2D eigenvalue weighted by Gasteiger charge is 2.29. The summed E-state index contributed by atoms with van der Waals surface area (Å²) in [5.74, 6) is 0. The van der Waals surface area contributed by atoms with Crippen LogP contribution < -0.4 is 0 Å². The molecule has 0 aromatic carbocycles. The lowest BCUT2D eigenvalue weighted by molar-refractivity contribution is -0.00310. The summed E-state index contributed by atoms with van der Waals surface area (Å²) in [6.45, 7) is 6.67. The fraction of sp³-hybridized carbons (Fsp3) is 0.778. The van der Waals surface area contributed by atoms with Crippen LogP contribution in [0.15, 0.2) is 12.7 Å². The minimum Gasteiger partial charge on any atom is -0.395 e. The summed E-state index contributed by atoms with van der Waals surface area (Å²) in [5, 5.41) is 27.5. The van der Waals surface area contributed by atoms with E-state index in [2.05, 4.69) is 6.58 Å². The monoisotopic (exact) mass is 174 g/mol. The molecule has 0 saturated heterocycles. The van der Waals surface area contributed by atoms with Gasteiger partial charge in [-0.05, 0) is 13.3 Å². The lowest BCUT2D eigenvalue weighted by Gasteiger charge is -2.29. The first-order chi connectivity index (χ1) is 5.46. The Bertz CT molecular complexity index is 145. The molecule has 3 nitrogen and oxygen atoms in total. The lowest BCUT2D eigenvalue weighted by atomic mass is 9.83. The van der Waals surface area contributed by atoms with E-state index in [1.54, 1.807) is 13.8 Å². The van der Waals surface area contributed by atoms with Crippen LogP contribution in [-0.2, 0) is 0 Å². The van der Waals surface area contributed by atoms with Gasteiger partial charge in [-0.2, -0.15) is 0 Å². The molecule has 0 rings (SSSR count). The van der Waals surface area contributed by atoms with Crippen molar-refractivity contribution >= 4 is 0 Å². The predicted molar refractivity (Wildman–Crippen MR) is 47.7 cm³/mol. The summed E-state index contributed by atoms with van der Waals surface area (Å²) in [5.41, 5.74) is -0.711. The van der Waals surface area contributed by atoms with Gasteiger partial charge < -0.3 is 15.3 Å². The van der Waals surface area contributed by atoms with Gasteiger partial charge in [-0.1, -0.05) is 13.0 Å². The number of hydrogen-bond donors (Lipinski definition) is 3. The Morgan fingerprint density at radius 2 is 2.00 bits per heavy atom. The molecule has 0 bridgehead atoms. The van der Waals surface area contributed by atoms with Crippen molar-refractivity contribution in [3.63, 3.8) is 0 Å². The molecule has 0 aliphatic carbocycles. The highest BCUT2D eigenvalue weighted by atomic mass is 16.3. The van der Waals surface area contributed by atoms with Crippen LogP contribution in [0.4, 0.5) is 0 Å². The van der Waals surface area contributed by atoms with E-state index in [1.807, 2.05) is 0 Å². The van der Waals surface area contributed by atoms with Gasteiger partial charge in [-0.3, -0.25) is 0 Å². The fourth-order valence-corrected chi connectivity index (χ4v) is 0.898. The summed E-state index contributed by atoms with van der Waals surface area (Å²) < 4.78 is 0. The fourth-order valence-electron chi connectivity index (χ4n) is 0.898. The molecule has 3 heteroatoms. The second-order valence-electron chi connectivity index (χ2n) is 3.47. The third kappa shape index (κ3) is 2.93. The number of aliphatic hydroxyl groups is 3. The van der Waals surface area contributed by atoms with Crippen molar-refractivity contribution in [3.05, 3.63) is 12.7 Å². The summed E-state index contributed by atoms with van der Waals surface area (Å²) in [6.07, 6.45) is 0.453. The maximum atomic E-state index is 9.55. The van der Waals surface area contributed by atoms with Crippen LogP contribution in [0.1, 0.15) is 20.3 Å². The van der Waals surface area contributed by atoms with Gasteiger partial charge in [0.15, 0.2) is 0 Å². The van der Waals surface area contributed by atoms with E-state index in [0.717, 1.165) is 0 Å². The first-order valence-electron chi connectivity index (χ1n) is 4.07. The van der Waals surface area contributed by atoms with E-state index < -0.39 is 17.6 Å². The standard InChI is InChI=1S/C9H18O3/c1-4-9(3,6-10)8(12)5-7(2)11/h4,7-8,10-12H,1,5-6H2,2-3H3/t7-,8-,9-/m0/s1. The summed E-state index contributed by atoms with van der Waals surface area (Å²) in [6, 6.07) is 0. The van der Waals surface area contributed by atoms with Crippen molar-refractivity contribution in [1.29, 1.82) is 0 Å². The van der Waals surface area contributed by atoms with Crippen LogP contribution in [0.3, 0.4) is 0 Å². The average Bonchev–Trinajstić information content (AvgIpc) is 2.02. The molecule has 0 aliphatic heterocycles. The van der Waals surface area contributed by atoms with Gasteiger partial charge in [0.1, 0.15) is 0 Å². The molecule has 0 fully saturated rings. The lowest BCUT2D eigenvalue weighted by Crippen LogP contribution is -2.35. The van der Waals surface area contributed by atoms with Crippen LogP contribution in [-0.4, -0.2) is 34.1 Å². The summed E-state index contributed by atoms with van der Waals surface area (Å²) in [7, 11) is 0. The number of hydrogen-bond acceptors (Lipinski definition) is 3. The first kappa shape index (κ1) is 11.6. The molecule has 0 saturated carbocycles. The molecule has 0 aromatic rings. The minimum atomic E-state index is -0.750. The third-order valence-corrected chi connectivity index (χ3v) is 2.13. The average molecular weight is 174 g/mol. The summed E-state index contributed by atoms with van der Waals surface area (Å²) in [4.78, 5) is 0. The molecule has 3 N–H and O–H groups in total. The van der Waals surface area contributed by atoms with Gasteiger partial charge in [0.05, 0.1) is 18.8 Å². The molecular formula is C9H18O3. The van der Waals surface area contributed by atoms with E-state index >= 15 is 0 Å². The molecule has 0 heterocycles. The van der Waals surface area contributed by atoms with E-state index in [9.17, 15) is 5.11 Å². The molecule has 0 radical (unpaired) electrons. The van der Waals surface area contributed by atoms with Crippen molar-refractivity contribution in [2.45, 2.75) is 32.5 Å². The molecule has 12 heavy (non-hydrogen) atoms. The van der Waals surface area contributed by atoms with Gasteiger partial charge in [0.2, 0.25) is 0 Å². The Labute approximate surface area is 73.4 Å². The molecule has 0 aromatic heterocycles.